The minimum atomic E-state index is -4.98. The first-order valence-electron chi connectivity index (χ1n) is 11.6. The summed E-state index contributed by atoms with van der Waals surface area (Å²) in [5, 5.41) is 18.6. The third kappa shape index (κ3) is 6.12. The van der Waals surface area contributed by atoms with Crippen LogP contribution in [0.15, 0.2) is 41.5 Å². The van der Waals surface area contributed by atoms with Gasteiger partial charge in [-0.2, -0.15) is 17.9 Å². The largest absolute Gasteiger partial charge is 0.478 e. The number of halogens is 4. The van der Waals surface area contributed by atoms with Gasteiger partial charge in [-0.1, -0.05) is 11.6 Å². The van der Waals surface area contributed by atoms with Crippen LogP contribution in [-0.4, -0.2) is 69.5 Å². The molecule has 0 amide bonds. The molecular weight excluding hydrogens is 561 g/mol. The van der Waals surface area contributed by atoms with E-state index in [-0.39, 0.29) is 34.7 Å². The average Bonchev–Trinajstić information content (AvgIpc) is 3.45. The lowest BCUT2D eigenvalue weighted by Crippen LogP contribution is -2.37. The molecule has 0 bridgehead atoms. The van der Waals surface area contributed by atoms with Crippen LogP contribution in [0.4, 0.5) is 13.2 Å². The standard InChI is InChI=1S/C23H22ClF3N8O5/c1-12(40-13(2)36)18-30-17(31-35(18)20-21(39-3)29-9-8-28-20)11-34-22(38)33(10-16(37)23(25,26)27)19(32-34)14-4-6-15(24)7-5-14/h4-9,12,16,37H,10-11H2,1-3H3/t12-,16-/m0/s1. The highest BCUT2D eigenvalue weighted by Gasteiger charge is 2.39. The Morgan fingerprint density at radius 1 is 1.15 bits per heavy atom. The fourth-order valence-corrected chi connectivity index (χ4v) is 3.82. The lowest BCUT2D eigenvalue weighted by atomic mass is 10.2. The summed E-state index contributed by atoms with van der Waals surface area (Å²) >= 11 is 5.92. The number of esters is 1. The van der Waals surface area contributed by atoms with Gasteiger partial charge in [-0.25, -0.2) is 24.4 Å². The molecule has 0 spiro atoms. The molecule has 3 heterocycles. The van der Waals surface area contributed by atoms with Crippen molar-refractivity contribution in [3.05, 3.63) is 63.8 Å². The molecule has 1 aromatic carbocycles. The summed E-state index contributed by atoms with van der Waals surface area (Å²) < 4.78 is 52.7. The number of carbonyl (C=O) groups is 1. The number of methoxy groups -OCH3 is 1. The van der Waals surface area contributed by atoms with E-state index in [4.69, 9.17) is 21.1 Å². The van der Waals surface area contributed by atoms with Crippen molar-refractivity contribution in [3.63, 3.8) is 0 Å². The van der Waals surface area contributed by atoms with Crippen LogP contribution in [-0.2, 0) is 22.6 Å². The number of aliphatic hydroxyl groups is 1. The number of hydrogen-bond donors (Lipinski definition) is 1. The van der Waals surface area contributed by atoms with Gasteiger partial charge in [0.05, 0.1) is 13.7 Å². The molecule has 0 radical (unpaired) electrons. The predicted molar refractivity (Wildman–Crippen MR) is 132 cm³/mol. The van der Waals surface area contributed by atoms with Crippen LogP contribution in [0.25, 0.3) is 17.2 Å². The van der Waals surface area contributed by atoms with Gasteiger partial charge in [0.15, 0.2) is 29.7 Å². The summed E-state index contributed by atoms with van der Waals surface area (Å²) in [4.78, 5) is 37.5. The number of hydrogen-bond acceptors (Lipinski definition) is 10. The Labute approximate surface area is 228 Å². The van der Waals surface area contributed by atoms with E-state index in [1.54, 1.807) is 0 Å². The lowest BCUT2D eigenvalue weighted by molar-refractivity contribution is -0.207. The summed E-state index contributed by atoms with van der Waals surface area (Å²) in [6.45, 7) is 1.24. The topological polar surface area (TPSA) is 152 Å². The predicted octanol–water partition coefficient (Wildman–Crippen LogP) is 2.34. The number of carbonyl (C=O) groups excluding carboxylic acids is 1. The molecule has 40 heavy (non-hydrogen) atoms. The smallest absolute Gasteiger partial charge is 0.416 e. The maximum atomic E-state index is 13.2. The third-order valence-electron chi connectivity index (χ3n) is 5.47. The SMILES string of the molecule is COc1nccnc1-n1nc(Cn2nc(-c3ccc(Cl)cc3)n(C[C@H](O)C(F)(F)F)c2=O)nc1[C@H](C)OC(C)=O. The Balaban J connectivity index is 1.80. The second-order valence-electron chi connectivity index (χ2n) is 8.38. The first kappa shape index (κ1) is 28.7. The highest BCUT2D eigenvalue weighted by atomic mass is 35.5. The Kier molecular flexibility index (Phi) is 8.20. The molecule has 13 nitrogen and oxygen atoms in total. The molecule has 0 saturated carbocycles. The molecule has 0 fully saturated rings. The zero-order valence-electron chi connectivity index (χ0n) is 21.2. The minimum Gasteiger partial charge on any atom is -0.478 e. The second kappa shape index (κ2) is 11.4. The summed E-state index contributed by atoms with van der Waals surface area (Å²) in [5.74, 6) is -0.489. The van der Waals surface area contributed by atoms with Crippen molar-refractivity contribution in [2.24, 2.45) is 0 Å². The molecule has 0 aliphatic heterocycles. The molecule has 0 aliphatic rings. The van der Waals surface area contributed by atoms with Gasteiger partial charge in [-0.05, 0) is 31.2 Å². The number of rotatable bonds is 9. The van der Waals surface area contributed by atoms with E-state index < -0.39 is 43.1 Å². The van der Waals surface area contributed by atoms with E-state index in [1.165, 1.54) is 62.3 Å². The summed E-state index contributed by atoms with van der Waals surface area (Å²) in [7, 11) is 1.36. The molecule has 0 unspecified atom stereocenters. The van der Waals surface area contributed by atoms with Crippen molar-refractivity contribution in [1.82, 2.24) is 39.1 Å². The fraction of sp³-hybridized carbons (Fsp3) is 0.348. The van der Waals surface area contributed by atoms with Crippen molar-refractivity contribution in [1.29, 1.82) is 0 Å². The number of aliphatic hydroxyl groups excluding tert-OH is 1. The van der Waals surface area contributed by atoms with Gasteiger partial charge in [0.1, 0.15) is 6.54 Å². The fourth-order valence-electron chi connectivity index (χ4n) is 3.69. The Morgan fingerprint density at radius 3 is 2.45 bits per heavy atom. The van der Waals surface area contributed by atoms with Crippen LogP contribution >= 0.6 is 11.6 Å². The van der Waals surface area contributed by atoms with E-state index in [9.17, 15) is 27.9 Å². The highest BCUT2D eigenvalue weighted by Crippen LogP contribution is 2.25. The monoisotopic (exact) mass is 582 g/mol. The van der Waals surface area contributed by atoms with Crippen molar-refractivity contribution in [2.75, 3.05) is 7.11 Å². The van der Waals surface area contributed by atoms with Crippen molar-refractivity contribution in [2.45, 2.75) is 45.3 Å². The first-order valence-corrected chi connectivity index (χ1v) is 11.9. The zero-order valence-corrected chi connectivity index (χ0v) is 22.0. The summed E-state index contributed by atoms with van der Waals surface area (Å²) in [5.41, 5.74) is -0.683. The lowest BCUT2D eigenvalue weighted by Gasteiger charge is -2.15. The number of ether oxygens (including phenoxy) is 2. The molecular formula is C23H22ClF3N8O5. The highest BCUT2D eigenvalue weighted by molar-refractivity contribution is 6.30. The van der Waals surface area contributed by atoms with Crippen LogP contribution in [0.5, 0.6) is 5.88 Å². The van der Waals surface area contributed by atoms with Gasteiger partial charge >= 0.3 is 17.8 Å². The summed E-state index contributed by atoms with van der Waals surface area (Å²) in [6.07, 6.45) is -5.97. The normalized spacial score (nSPS) is 13.2. The van der Waals surface area contributed by atoms with Gasteiger partial charge < -0.3 is 14.6 Å². The van der Waals surface area contributed by atoms with Crippen LogP contribution in [0.1, 0.15) is 31.6 Å². The molecule has 0 aliphatic carbocycles. The van der Waals surface area contributed by atoms with E-state index >= 15 is 0 Å². The molecule has 4 aromatic rings. The third-order valence-corrected chi connectivity index (χ3v) is 5.72. The van der Waals surface area contributed by atoms with Crippen LogP contribution in [0, 0.1) is 0 Å². The number of benzene rings is 1. The number of nitrogens with zero attached hydrogens (tertiary/aromatic N) is 8. The van der Waals surface area contributed by atoms with Crippen molar-refractivity contribution < 1.29 is 32.5 Å². The number of aromatic nitrogens is 8. The van der Waals surface area contributed by atoms with E-state index in [1.807, 2.05) is 0 Å². The Morgan fingerprint density at radius 2 is 1.82 bits per heavy atom. The minimum absolute atomic E-state index is 0.0208. The molecule has 0 saturated heterocycles. The Bertz CT molecular complexity index is 1570. The van der Waals surface area contributed by atoms with Crippen LogP contribution < -0.4 is 10.4 Å². The molecule has 2 atom stereocenters. The van der Waals surface area contributed by atoms with Gasteiger partial charge in [0.2, 0.25) is 5.82 Å². The number of alkyl halides is 3. The van der Waals surface area contributed by atoms with Crippen LogP contribution in [0.3, 0.4) is 0 Å². The van der Waals surface area contributed by atoms with Gasteiger partial charge in [-0.3, -0.25) is 9.36 Å². The average molecular weight is 583 g/mol. The second-order valence-corrected chi connectivity index (χ2v) is 8.81. The summed E-state index contributed by atoms with van der Waals surface area (Å²) in [6, 6.07) is 5.89. The molecule has 212 valence electrons. The van der Waals surface area contributed by atoms with E-state index in [2.05, 4.69) is 25.1 Å². The Hall–Kier alpha value is -4.31. The first-order chi connectivity index (χ1) is 18.9. The molecule has 4 rings (SSSR count). The van der Waals surface area contributed by atoms with Crippen LogP contribution in [0.2, 0.25) is 5.02 Å². The molecule has 17 heteroatoms. The molecule has 1 N–H and O–H groups in total. The van der Waals surface area contributed by atoms with Crippen molar-refractivity contribution >= 4 is 17.6 Å². The van der Waals surface area contributed by atoms with Crippen molar-refractivity contribution in [3.8, 4) is 23.1 Å². The van der Waals surface area contributed by atoms with Gasteiger partial charge in [0, 0.05) is 29.9 Å². The molecule has 3 aromatic heterocycles. The zero-order chi connectivity index (χ0) is 29.2. The maximum absolute atomic E-state index is 13.2. The van der Waals surface area contributed by atoms with E-state index in [0.29, 0.717) is 9.59 Å². The quantitative estimate of drug-likeness (QED) is 0.291. The maximum Gasteiger partial charge on any atom is 0.416 e. The van der Waals surface area contributed by atoms with Gasteiger partial charge in [0.25, 0.3) is 5.88 Å². The van der Waals surface area contributed by atoms with Gasteiger partial charge in [-0.15, -0.1) is 10.2 Å². The van der Waals surface area contributed by atoms with E-state index in [0.717, 1.165) is 4.68 Å².